The minimum Gasteiger partial charge on any atom is -0.495 e. The van der Waals surface area contributed by atoms with E-state index in [0.717, 1.165) is 35.8 Å². The van der Waals surface area contributed by atoms with Crippen molar-refractivity contribution < 1.29 is 14.3 Å². The fourth-order valence-corrected chi connectivity index (χ4v) is 3.42. The van der Waals surface area contributed by atoms with Crippen LogP contribution in [0.3, 0.4) is 0 Å². The van der Waals surface area contributed by atoms with Gasteiger partial charge in [0.2, 0.25) is 5.91 Å². The van der Waals surface area contributed by atoms with Crippen LogP contribution in [0.2, 0.25) is 5.02 Å². The van der Waals surface area contributed by atoms with Crippen molar-refractivity contribution in [3.63, 3.8) is 0 Å². The third-order valence-electron chi connectivity index (χ3n) is 5.14. The third-order valence-corrected chi connectivity index (χ3v) is 5.45. The van der Waals surface area contributed by atoms with Gasteiger partial charge in [0.05, 0.1) is 19.2 Å². The molecular formula is C23H33ClN4O3. The second kappa shape index (κ2) is 11.6. The number of benzene rings is 1. The number of anilines is 1. The molecule has 170 valence electrons. The lowest BCUT2D eigenvalue weighted by Crippen LogP contribution is -2.38. The van der Waals surface area contributed by atoms with Gasteiger partial charge in [0.15, 0.2) is 0 Å². The van der Waals surface area contributed by atoms with Crippen LogP contribution in [0.5, 0.6) is 5.75 Å². The van der Waals surface area contributed by atoms with Crippen molar-refractivity contribution in [2.24, 2.45) is 0 Å². The van der Waals surface area contributed by atoms with Gasteiger partial charge in [-0.3, -0.25) is 9.48 Å². The van der Waals surface area contributed by atoms with Crippen molar-refractivity contribution >= 4 is 29.0 Å². The Balaban J connectivity index is 2.01. The van der Waals surface area contributed by atoms with Crippen LogP contribution in [0.1, 0.15) is 31.7 Å². The van der Waals surface area contributed by atoms with E-state index >= 15 is 0 Å². The summed E-state index contributed by atoms with van der Waals surface area (Å²) in [5.41, 5.74) is 2.66. The highest BCUT2D eigenvalue weighted by atomic mass is 35.5. The number of amides is 1. The molecule has 0 bridgehead atoms. The number of ether oxygens (including phenoxy) is 2. The summed E-state index contributed by atoms with van der Waals surface area (Å²) < 4.78 is 12.4. The Hall–Kier alpha value is -2.67. The number of halogens is 1. The van der Waals surface area contributed by atoms with Gasteiger partial charge >= 0.3 is 0 Å². The van der Waals surface area contributed by atoms with Gasteiger partial charge in [-0.2, -0.15) is 5.10 Å². The number of carbonyl (C=O) groups excluding carboxylic acids is 1. The van der Waals surface area contributed by atoms with Crippen LogP contribution in [0.4, 0.5) is 5.69 Å². The van der Waals surface area contributed by atoms with Gasteiger partial charge in [0, 0.05) is 44.1 Å². The second-order valence-corrected chi connectivity index (χ2v) is 7.63. The highest BCUT2D eigenvalue weighted by Gasteiger charge is 2.16. The Labute approximate surface area is 190 Å². The molecule has 0 aliphatic heterocycles. The maximum absolute atomic E-state index is 12.8. The molecular weight excluding hydrogens is 416 g/mol. The zero-order valence-corrected chi connectivity index (χ0v) is 20.1. The van der Waals surface area contributed by atoms with E-state index in [1.807, 2.05) is 51.2 Å². The molecule has 31 heavy (non-hydrogen) atoms. The maximum Gasteiger partial charge on any atom is 0.244 e. The van der Waals surface area contributed by atoms with Crippen molar-refractivity contribution in [3.05, 3.63) is 46.8 Å². The number of aryl methyl sites for hydroxylation is 1. The van der Waals surface area contributed by atoms with Gasteiger partial charge in [-0.15, -0.1) is 0 Å². The molecule has 0 saturated carbocycles. The number of hydrogen-bond donors (Lipinski definition) is 0. The molecule has 0 aliphatic carbocycles. The van der Waals surface area contributed by atoms with E-state index < -0.39 is 0 Å². The molecule has 2 aromatic rings. The normalized spacial score (nSPS) is 11.4. The van der Waals surface area contributed by atoms with E-state index in [-0.39, 0.29) is 12.5 Å². The summed E-state index contributed by atoms with van der Waals surface area (Å²) in [6, 6.07) is 7.64. The van der Waals surface area contributed by atoms with Crippen molar-refractivity contribution in [1.82, 2.24) is 14.7 Å². The molecule has 1 aromatic heterocycles. The van der Waals surface area contributed by atoms with Crippen LogP contribution in [0, 0.1) is 6.92 Å². The van der Waals surface area contributed by atoms with Gasteiger partial charge in [-0.25, -0.2) is 0 Å². The van der Waals surface area contributed by atoms with Crippen molar-refractivity contribution in [1.29, 1.82) is 0 Å². The lowest BCUT2D eigenvalue weighted by molar-refractivity contribution is -0.130. The third kappa shape index (κ3) is 6.40. The lowest BCUT2D eigenvalue weighted by Gasteiger charge is -2.27. The Morgan fingerprint density at radius 3 is 2.58 bits per heavy atom. The minimum atomic E-state index is 0.000859. The van der Waals surface area contributed by atoms with Crippen LogP contribution in [-0.4, -0.2) is 61.5 Å². The Kier molecular flexibility index (Phi) is 9.24. The van der Waals surface area contributed by atoms with Crippen LogP contribution >= 0.6 is 11.6 Å². The van der Waals surface area contributed by atoms with Gasteiger partial charge in [0.1, 0.15) is 23.7 Å². The predicted octanol–water partition coefficient (Wildman–Crippen LogP) is 4.24. The fraction of sp³-hybridized carbons (Fsp3) is 0.478. The number of rotatable bonds is 11. The number of aromatic nitrogens is 2. The Morgan fingerprint density at radius 1 is 1.23 bits per heavy atom. The molecule has 0 spiro atoms. The highest BCUT2D eigenvalue weighted by Crippen LogP contribution is 2.29. The van der Waals surface area contributed by atoms with E-state index in [1.54, 1.807) is 23.8 Å². The highest BCUT2D eigenvalue weighted by molar-refractivity contribution is 6.32. The van der Waals surface area contributed by atoms with E-state index in [0.29, 0.717) is 23.9 Å². The number of carbonyl (C=O) groups is 1. The molecule has 0 atom stereocenters. The molecule has 0 radical (unpaired) electrons. The molecule has 0 fully saturated rings. The number of methoxy groups -OCH3 is 2. The first kappa shape index (κ1) is 24.6. The summed E-state index contributed by atoms with van der Waals surface area (Å²) in [6.45, 7) is 8.33. The molecule has 8 heteroatoms. The second-order valence-electron chi connectivity index (χ2n) is 7.22. The summed E-state index contributed by atoms with van der Waals surface area (Å²) in [5, 5.41) is 5.13. The lowest BCUT2D eigenvalue weighted by atomic mass is 10.2. The average molecular weight is 449 g/mol. The molecule has 1 heterocycles. The smallest absolute Gasteiger partial charge is 0.244 e. The monoisotopic (exact) mass is 448 g/mol. The summed E-state index contributed by atoms with van der Waals surface area (Å²) in [4.78, 5) is 16.7. The quantitative estimate of drug-likeness (QED) is 0.481. The van der Waals surface area contributed by atoms with Crippen LogP contribution in [0.15, 0.2) is 30.3 Å². The minimum absolute atomic E-state index is 0.000859. The number of allylic oxidation sites excluding steroid dienone is 1. The van der Waals surface area contributed by atoms with E-state index in [4.69, 9.17) is 21.1 Å². The van der Waals surface area contributed by atoms with Crippen molar-refractivity contribution in [2.75, 3.05) is 45.8 Å². The topological polar surface area (TPSA) is 59.8 Å². The van der Waals surface area contributed by atoms with Crippen LogP contribution < -0.4 is 9.64 Å². The standard InChI is InChI=1S/C23H33ClN4O3/c1-7-9-21(30-5)20-14-17(3)28(25-20)16-23(29)26(4)12-13-27(8-2)18-10-11-19(24)22(15-18)31-6/h9-11,14-15H,7-8,12-13,16H2,1-6H3/b21-9-. The zero-order valence-electron chi connectivity index (χ0n) is 19.3. The van der Waals surface area contributed by atoms with Crippen LogP contribution in [0.25, 0.3) is 5.76 Å². The van der Waals surface area contributed by atoms with Gasteiger partial charge in [-0.05, 0) is 44.5 Å². The molecule has 0 N–H and O–H groups in total. The maximum atomic E-state index is 12.8. The SMILES string of the molecule is CC/C=C(\OC)c1cc(C)n(CC(=O)N(C)CCN(CC)c2ccc(Cl)c(OC)c2)n1. The predicted molar refractivity (Wildman–Crippen MR) is 126 cm³/mol. The summed E-state index contributed by atoms with van der Waals surface area (Å²) in [6.07, 6.45) is 2.83. The first-order valence-corrected chi connectivity index (χ1v) is 10.8. The molecule has 1 aromatic carbocycles. The van der Waals surface area contributed by atoms with E-state index in [2.05, 4.69) is 16.9 Å². The van der Waals surface area contributed by atoms with Crippen molar-refractivity contribution in [2.45, 2.75) is 33.7 Å². The van der Waals surface area contributed by atoms with E-state index in [9.17, 15) is 4.79 Å². The number of hydrogen-bond acceptors (Lipinski definition) is 5. The summed E-state index contributed by atoms with van der Waals surface area (Å²) in [7, 11) is 5.05. The molecule has 0 saturated heterocycles. The van der Waals surface area contributed by atoms with Gasteiger partial charge in [0.25, 0.3) is 0 Å². The Bertz CT molecular complexity index is 910. The Morgan fingerprint density at radius 2 is 1.97 bits per heavy atom. The first-order valence-electron chi connectivity index (χ1n) is 10.5. The van der Waals surface area contributed by atoms with Gasteiger partial charge in [-0.1, -0.05) is 18.5 Å². The molecule has 2 rings (SSSR count). The van der Waals surface area contributed by atoms with Crippen molar-refractivity contribution in [3.8, 4) is 5.75 Å². The molecule has 0 aliphatic rings. The summed E-state index contributed by atoms with van der Waals surface area (Å²) in [5.74, 6) is 1.36. The molecule has 0 unspecified atom stereocenters. The zero-order chi connectivity index (χ0) is 23.0. The average Bonchev–Trinajstić information content (AvgIpc) is 3.12. The number of nitrogens with zero attached hydrogens (tertiary/aromatic N) is 4. The molecule has 1 amide bonds. The molecule has 7 nitrogen and oxygen atoms in total. The van der Waals surface area contributed by atoms with E-state index in [1.165, 1.54) is 0 Å². The fourth-order valence-electron chi connectivity index (χ4n) is 3.23. The van der Waals surface area contributed by atoms with Gasteiger partial charge < -0.3 is 19.3 Å². The number of likely N-dealkylation sites (N-methyl/N-ethyl adjacent to an activating group) is 2. The summed E-state index contributed by atoms with van der Waals surface area (Å²) >= 11 is 6.14. The largest absolute Gasteiger partial charge is 0.495 e. The van der Waals surface area contributed by atoms with Crippen LogP contribution in [-0.2, 0) is 16.1 Å². The first-order chi connectivity index (χ1) is 14.8.